The lowest BCUT2D eigenvalue weighted by atomic mass is 9.54. The van der Waals surface area contributed by atoms with Gasteiger partial charge in [-0.15, -0.1) is 0 Å². The van der Waals surface area contributed by atoms with Gasteiger partial charge in [-0.05, 0) is 6.92 Å². The molecule has 0 aromatic rings. The van der Waals surface area contributed by atoms with Gasteiger partial charge in [-0.25, -0.2) is 0 Å². The standard InChI is InChI=1S/C13H24N2O3/c1-4-18-10-5-13(14,12(10,2)3)11(17)15-6-9(7-15)8-16/h9-10,16H,4-8,14H2,1-3H3. The van der Waals surface area contributed by atoms with Crippen molar-refractivity contribution in [1.82, 2.24) is 4.90 Å². The Hall–Kier alpha value is -0.650. The predicted octanol–water partition coefficient (Wildman–Crippen LogP) is -0.0304. The summed E-state index contributed by atoms with van der Waals surface area (Å²) in [5.74, 6) is 0.233. The van der Waals surface area contributed by atoms with Crippen LogP contribution in [0.1, 0.15) is 27.2 Å². The number of aliphatic hydroxyl groups excluding tert-OH is 1. The first-order valence-electron chi connectivity index (χ1n) is 6.67. The number of rotatable bonds is 4. The number of nitrogens with zero attached hydrogens (tertiary/aromatic N) is 1. The second kappa shape index (κ2) is 4.47. The molecule has 104 valence electrons. The van der Waals surface area contributed by atoms with Gasteiger partial charge in [-0.1, -0.05) is 13.8 Å². The molecule has 2 unspecified atom stereocenters. The molecule has 2 rings (SSSR count). The van der Waals surface area contributed by atoms with Crippen molar-refractivity contribution in [2.75, 3.05) is 26.3 Å². The van der Waals surface area contributed by atoms with Crippen molar-refractivity contribution < 1.29 is 14.6 Å². The van der Waals surface area contributed by atoms with Crippen LogP contribution in [-0.2, 0) is 9.53 Å². The van der Waals surface area contributed by atoms with E-state index < -0.39 is 5.54 Å². The lowest BCUT2D eigenvalue weighted by Crippen LogP contribution is -2.77. The van der Waals surface area contributed by atoms with Crippen molar-refractivity contribution in [1.29, 1.82) is 0 Å². The highest BCUT2D eigenvalue weighted by Crippen LogP contribution is 2.51. The first-order chi connectivity index (χ1) is 8.36. The summed E-state index contributed by atoms with van der Waals surface area (Å²) in [6.07, 6.45) is 0.652. The maximum absolute atomic E-state index is 12.4. The molecular formula is C13H24N2O3. The molecule has 18 heavy (non-hydrogen) atoms. The summed E-state index contributed by atoms with van der Waals surface area (Å²) < 4.78 is 5.62. The Kier molecular flexibility index (Phi) is 3.42. The summed E-state index contributed by atoms with van der Waals surface area (Å²) >= 11 is 0. The van der Waals surface area contributed by atoms with E-state index >= 15 is 0 Å². The van der Waals surface area contributed by atoms with Crippen LogP contribution in [0.25, 0.3) is 0 Å². The summed E-state index contributed by atoms with van der Waals surface area (Å²) in [6, 6.07) is 0. The van der Waals surface area contributed by atoms with Gasteiger partial charge < -0.3 is 20.5 Å². The van der Waals surface area contributed by atoms with Crippen molar-refractivity contribution >= 4 is 5.91 Å². The van der Waals surface area contributed by atoms with Gasteiger partial charge in [0.25, 0.3) is 0 Å². The zero-order valence-corrected chi connectivity index (χ0v) is 11.5. The van der Waals surface area contributed by atoms with E-state index in [2.05, 4.69) is 0 Å². The largest absolute Gasteiger partial charge is 0.396 e. The quantitative estimate of drug-likeness (QED) is 0.740. The normalized spacial score (nSPS) is 34.9. The molecule has 0 radical (unpaired) electrons. The number of hydrogen-bond acceptors (Lipinski definition) is 4. The van der Waals surface area contributed by atoms with Crippen molar-refractivity contribution in [3.8, 4) is 0 Å². The van der Waals surface area contributed by atoms with Gasteiger partial charge >= 0.3 is 0 Å². The minimum Gasteiger partial charge on any atom is -0.396 e. The fourth-order valence-corrected chi connectivity index (χ4v) is 2.93. The highest BCUT2D eigenvalue weighted by atomic mass is 16.5. The zero-order valence-electron chi connectivity index (χ0n) is 11.5. The molecule has 2 fully saturated rings. The van der Waals surface area contributed by atoms with E-state index in [0.29, 0.717) is 26.1 Å². The minimum atomic E-state index is -0.812. The number of hydrogen-bond donors (Lipinski definition) is 2. The number of aliphatic hydroxyl groups is 1. The van der Waals surface area contributed by atoms with Gasteiger partial charge in [0.15, 0.2) is 0 Å². The van der Waals surface area contributed by atoms with E-state index in [1.807, 2.05) is 20.8 Å². The lowest BCUT2D eigenvalue weighted by Gasteiger charge is -2.60. The van der Waals surface area contributed by atoms with Crippen LogP contribution >= 0.6 is 0 Å². The van der Waals surface area contributed by atoms with Crippen molar-refractivity contribution in [2.24, 2.45) is 17.1 Å². The Bertz CT molecular complexity index is 339. The maximum Gasteiger partial charge on any atom is 0.243 e. The molecule has 2 aliphatic rings. The summed E-state index contributed by atoms with van der Waals surface area (Å²) in [5.41, 5.74) is 5.17. The van der Waals surface area contributed by atoms with Crippen LogP contribution in [0.5, 0.6) is 0 Å². The van der Waals surface area contributed by atoms with Crippen molar-refractivity contribution in [3.63, 3.8) is 0 Å². The fourth-order valence-electron chi connectivity index (χ4n) is 2.93. The van der Waals surface area contributed by atoms with Crippen LogP contribution in [0.15, 0.2) is 0 Å². The average molecular weight is 256 g/mol. The van der Waals surface area contributed by atoms with Gasteiger partial charge in [0.05, 0.1) is 6.10 Å². The molecule has 3 N–H and O–H groups in total. The molecule has 5 heteroatoms. The molecule has 0 aromatic carbocycles. The van der Waals surface area contributed by atoms with Crippen LogP contribution in [0.2, 0.25) is 0 Å². The summed E-state index contributed by atoms with van der Waals surface area (Å²) in [4.78, 5) is 14.2. The van der Waals surface area contributed by atoms with Crippen molar-refractivity contribution in [2.45, 2.75) is 38.8 Å². The minimum absolute atomic E-state index is 0.00755. The molecule has 1 saturated carbocycles. The maximum atomic E-state index is 12.4. The summed E-state index contributed by atoms with van der Waals surface area (Å²) in [6.45, 7) is 8.00. The average Bonchev–Trinajstić information content (AvgIpc) is 2.26. The predicted molar refractivity (Wildman–Crippen MR) is 67.9 cm³/mol. The highest BCUT2D eigenvalue weighted by Gasteiger charge is 2.64. The molecule has 0 spiro atoms. The second-order valence-electron chi connectivity index (χ2n) is 6.10. The van der Waals surface area contributed by atoms with E-state index in [1.54, 1.807) is 4.90 Å². The van der Waals surface area contributed by atoms with Crippen LogP contribution < -0.4 is 5.73 Å². The van der Waals surface area contributed by atoms with Gasteiger partial charge in [0, 0.05) is 44.1 Å². The molecule has 1 amide bonds. The second-order valence-corrected chi connectivity index (χ2v) is 6.10. The van der Waals surface area contributed by atoms with Crippen molar-refractivity contribution in [3.05, 3.63) is 0 Å². The summed E-state index contributed by atoms with van der Waals surface area (Å²) in [7, 11) is 0. The van der Waals surface area contributed by atoms with E-state index in [1.165, 1.54) is 0 Å². The molecule has 1 aliphatic carbocycles. The lowest BCUT2D eigenvalue weighted by molar-refractivity contribution is -0.184. The molecule has 0 aromatic heterocycles. The molecule has 0 bridgehead atoms. The van der Waals surface area contributed by atoms with E-state index in [0.717, 1.165) is 0 Å². The van der Waals surface area contributed by atoms with E-state index in [-0.39, 0.29) is 30.0 Å². The number of nitrogens with two attached hydrogens (primary N) is 1. The molecule has 2 atom stereocenters. The first-order valence-corrected chi connectivity index (χ1v) is 6.67. The Morgan fingerprint density at radius 3 is 2.56 bits per heavy atom. The van der Waals surface area contributed by atoms with Crippen LogP contribution in [0.4, 0.5) is 0 Å². The van der Waals surface area contributed by atoms with Gasteiger partial charge in [-0.3, -0.25) is 4.79 Å². The Morgan fingerprint density at radius 2 is 2.11 bits per heavy atom. The number of carbonyl (C=O) groups is 1. The molecule has 1 saturated heterocycles. The third-order valence-electron chi connectivity index (χ3n) is 4.71. The number of likely N-dealkylation sites (tertiary alicyclic amines) is 1. The number of ether oxygens (including phenoxy) is 1. The third kappa shape index (κ3) is 1.76. The van der Waals surface area contributed by atoms with Gasteiger partial charge in [0.1, 0.15) is 5.54 Å². The van der Waals surface area contributed by atoms with Crippen LogP contribution in [-0.4, -0.2) is 53.9 Å². The zero-order chi connectivity index (χ0) is 13.6. The summed E-state index contributed by atoms with van der Waals surface area (Å²) in [5, 5.41) is 8.99. The monoisotopic (exact) mass is 256 g/mol. The van der Waals surface area contributed by atoms with Crippen LogP contribution in [0.3, 0.4) is 0 Å². The Labute approximate surface area is 108 Å². The molecular weight excluding hydrogens is 232 g/mol. The van der Waals surface area contributed by atoms with Gasteiger partial charge in [0.2, 0.25) is 5.91 Å². The first kappa shape index (κ1) is 13.8. The Balaban J connectivity index is 1.99. The highest BCUT2D eigenvalue weighted by molar-refractivity contribution is 5.89. The fraction of sp³-hybridized carbons (Fsp3) is 0.923. The number of amides is 1. The third-order valence-corrected chi connectivity index (χ3v) is 4.71. The molecule has 5 nitrogen and oxygen atoms in total. The number of carbonyl (C=O) groups excluding carboxylic acids is 1. The smallest absolute Gasteiger partial charge is 0.243 e. The molecule has 1 heterocycles. The Morgan fingerprint density at radius 1 is 1.50 bits per heavy atom. The SMILES string of the molecule is CCOC1CC(N)(C(=O)N2CC(CO)C2)C1(C)C. The van der Waals surface area contributed by atoms with E-state index in [9.17, 15) is 4.79 Å². The van der Waals surface area contributed by atoms with Crippen LogP contribution in [0, 0.1) is 11.3 Å². The molecule has 1 aliphatic heterocycles. The van der Waals surface area contributed by atoms with E-state index in [4.69, 9.17) is 15.6 Å². The topological polar surface area (TPSA) is 75.8 Å². The van der Waals surface area contributed by atoms with Gasteiger partial charge in [-0.2, -0.15) is 0 Å².